The molecule has 1 aromatic rings. The van der Waals surface area contributed by atoms with Crippen LogP contribution in [0.15, 0.2) is 6.20 Å². The highest BCUT2D eigenvalue weighted by atomic mass is 19.4. The molecule has 1 heterocycles. The summed E-state index contributed by atoms with van der Waals surface area (Å²) in [5, 5.41) is 14.9. The quantitative estimate of drug-likeness (QED) is 0.865. The largest absolute Gasteiger partial charge is 0.406 e. The number of anilines is 1. The molecule has 0 spiro atoms. The van der Waals surface area contributed by atoms with Crippen molar-refractivity contribution in [1.82, 2.24) is 9.78 Å². The first-order valence-corrected chi connectivity index (χ1v) is 4.55. The molecular formula is C9H11F3N4. The van der Waals surface area contributed by atoms with Crippen molar-refractivity contribution in [3.05, 3.63) is 11.9 Å². The monoisotopic (exact) mass is 232 g/mol. The molecule has 1 atom stereocenters. The number of nitrogens with one attached hydrogen (secondary N) is 1. The van der Waals surface area contributed by atoms with E-state index in [1.54, 1.807) is 20.2 Å². The van der Waals surface area contributed by atoms with E-state index in [0.29, 0.717) is 11.4 Å². The van der Waals surface area contributed by atoms with Crippen molar-refractivity contribution >= 4 is 5.69 Å². The summed E-state index contributed by atoms with van der Waals surface area (Å²) < 4.78 is 38.2. The molecule has 0 bridgehead atoms. The minimum absolute atomic E-state index is 0.466. The fourth-order valence-electron chi connectivity index (χ4n) is 1.22. The van der Waals surface area contributed by atoms with Crippen LogP contribution < -0.4 is 5.32 Å². The maximum absolute atomic E-state index is 12.2. The van der Waals surface area contributed by atoms with Crippen LogP contribution in [0.3, 0.4) is 0 Å². The summed E-state index contributed by atoms with van der Waals surface area (Å²) in [6, 6.07) is 1.22. The van der Waals surface area contributed by atoms with E-state index in [-0.39, 0.29) is 0 Å². The highest BCUT2D eigenvalue weighted by molar-refractivity contribution is 5.45. The summed E-state index contributed by atoms with van der Waals surface area (Å²) in [6.07, 6.45) is -2.93. The minimum Gasteiger partial charge on any atom is -0.381 e. The number of rotatable bonds is 3. The molecule has 0 radical (unpaired) electrons. The van der Waals surface area contributed by atoms with Crippen molar-refractivity contribution < 1.29 is 13.2 Å². The molecule has 0 aliphatic heterocycles. The number of alkyl halides is 3. The van der Waals surface area contributed by atoms with E-state index in [9.17, 15) is 13.2 Å². The van der Waals surface area contributed by atoms with Gasteiger partial charge < -0.3 is 5.32 Å². The highest BCUT2D eigenvalue weighted by Gasteiger charge is 2.39. The molecule has 1 aromatic heterocycles. The SMILES string of the molecule is Cc1nn(C)cc1NCC(C#N)C(F)(F)F. The molecule has 0 saturated heterocycles. The number of hydrogen-bond acceptors (Lipinski definition) is 3. The van der Waals surface area contributed by atoms with Crippen molar-refractivity contribution in [3.8, 4) is 6.07 Å². The van der Waals surface area contributed by atoms with Crippen LogP contribution in [0.4, 0.5) is 18.9 Å². The summed E-state index contributed by atoms with van der Waals surface area (Å²) in [4.78, 5) is 0. The second-order valence-corrected chi connectivity index (χ2v) is 3.41. The molecule has 0 amide bonds. The number of nitrogens with zero attached hydrogens (tertiary/aromatic N) is 3. The molecule has 0 aromatic carbocycles. The van der Waals surface area contributed by atoms with Crippen LogP contribution in [0.5, 0.6) is 0 Å². The molecule has 0 aliphatic rings. The molecule has 7 heteroatoms. The summed E-state index contributed by atoms with van der Waals surface area (Å²) in [5.74, 6) is -2.01. The lowest BCUT2D eigenvalue weighted by atomic mass is 10.1. The Morgan fingerprint density at radius 1 is 1.62 bits per heavy atom. The minimum atomic E-state index is -4.50. The Bertz CT molecular complexity index is 402. The van der Waals surface area contributed by atoms with E-state index in [2.05, 4.69) is 10.4 Å². The Balaban J connectivity index is 2.64. The van der Waals surface area contributed by atoms with E-state index in [4.69, 9.17) is 5.26 Å². The first-order chi connectivity index (χ1) is 7.34. The van der Waals surface area contributed by atoms with Crippen LogP contribution >= 0.6 is 0 Å². The smallest absolute Gasteiger partial charge is 0.381 e. The molecule has 0 aliphatic carbocycles. The number of halogens is 3. The molecule has 1 N–H and O–H groups in total. The number of aryl methyl sites for hydroxylation is 2. The Morgan fingerprint density at radius 3 is 2.62 bits per heavy atom. The predicted octanol–water partition coefficient (Wildman–Crippen LogP) is 1.84. The lowest BCUT2D eigenvalue weighted by Gasteiger charge is -2.13. The summed E-state index contributed by atoms with van der Waals surface area (Å²) in [7, 11) is 1.67. The average molecular weight is 232 g/mol. The van der Waals surface area contributed by atoms with Crippen LogP contribution in [0.2, 0.25) is 0 Å². The lowest BCUT2D eigenvalue weighted by molar-refractivity contribution is -0.155. The zero-order chi connectivity index (χ0) is 12.3. The van der Waals surface area contributed by atoms with Gasteiger partial charge in [-0.1, -0.05) is 0 Å². The second kappa shape index (κ2) is 4.43. The van der Waals surface area contributed by atoms with Crippen molar-refractivity contribution in [2.24, 2.45) is 13.0 Å². The third-order valence-electron chi connectivity index (χ3n) is 2.06. The molecule has 1 unspecified atom stereocenters. The Hall–Kier alpha value is -1.71. The number of hydrogen-bond donors (Lipinski definition) is 1. The number of aromatic nitrogens is 2. The topological polar surface area (TPSA) is 53.6 Å². The summed E-state index contributed by atoms with van der Waals surface area (Å²) >= 11 is 0. The Labute approximate surface area is 90.7 Å². The van der Waals surface area contributed by atoms with E-state index >= 15 is 0 Å². The highest BCUT2D eigenvalue weighted by Crippen LogP contribution is 2.26. The third kappa shape index (κ3) is 2.89. The zero-order valence-electron chi connectivity index (χ0n) is 8.84. The van der Waals surface area contributed by atoms with Crippen molar-refractivity contribution in [2.75, 3.05) is 11.9 Å². The second-order valence-electron chi connectivity index (χ2n) is 3.41. The molecule has 4 nitrogen and oxygen atoms in total. The number of nitriles is 1. The fourth-order valence-corrected chi connectivity index (χ4v) is 1.22. The van der Waals surface area contributed by atoms with Gasteiger partial charge in [-0.2, -0.15) is 23.5 Å². The van der Waals surface area contributed by atoms with Gasteiger partial charge in [-0.05, 0) is 6.92 Å². The maximum Gasteiger partial charge on any atom is 0.406 e. The maximum atomic E-state index is 12.2. The van der Waals surface area contributed by atoms with Gasteiger partial charge in [0.05, 0.1) is 17.5 Å². The fraction of sp³-hybridized carbons (Fsp3) is 0.556. The van der Waals surface area contributed by atoms with Gasteiger partial charge in [-0.15, -0.1) is 0 Å². The van der Waals surface area contributed by atoms with E-state index in [0.717, 1.165) is 0 Å². The molecule has 16 heavy (non-hydrogen) atoms. The first kappa shape index (κ1) is 12.4. The summed E-state index contributed by atoms with van der Waals surface area (Å²) in [6.45, 7) is 1.21. The third-order valence-corrected chi connectivity index (χ3v) is 2.06. The van der Waals surface area contributed by atoms with E-state index in [1.807, 2.05) is 0 Å². The first-order valence-electron chi connectivity index (χ1n) is 4.55. The van der Waals surface area contributed by atoms with Gasteiger partial charge in [0.1, 0.15) is 0 Å². The van der Waals surface area contributed by atoms with Crippen LogP contribution in [-0.4, -0.2) is 22.5 Å². The van der Waals surface area contributed by atoms with Crippen LogP contribution in [0.1, 0.15) is 5.69 Å². The summed E-state index contributed by atoms with van der Waals surface area (Å²) in [5.41, 5.74) is 1.10. The van der Waals surface area contributed by atoms with Gasteiger partial charge in [0.15, 0.2) is 5.92 Å². The van der Waals surface area contributed by atoms with Crippen molar-refractivity contribution in [3.63, 3.8) is 0 Å². The van der Waals surface area contributed by atoms with Crippen molar-refractivity contribution in [1.29, 1.82) is 5.26 Å². The molecular weight excluding hydrogens is 221 g/mol. The zero-order valence-corrected chi connectivity index (χ0v) is 8.84. The predicted molar refractivity (Wildman–Crippen MR) is 51.6 cm³/mol. The lowest BCUT2D eigenvalue weighted by Crippen LogP contribution is -2.28. The van der Waals surface area contributed by atoms with Gasteiger partial charge >= 0.3 is 6.18 Å². The van der Waals surface area contributed by atoms with Crippen LogP contribution in [-0.2, 0) is 7.05 Å². The van der Waals surface area contributed by atoms with Crippen LogP contribution in [0.25, 0.3) is 0 Å². The molecule has 0 saturated carbocycles. The van der Waals surface area contributed by atoms with Gasteiger partial charge in [0.25, 0.3) is 0 Å². The standard InChI is InChI=1S/C9H11F3N4/c1-6-8(5-16(2)15-6)14-4-7(3-13)9(10,11)12/h5,7,14H,4H2,1-2H3. The molecule has 1 rings (SSSR count). The Kier molecular flexibility index (Phi) is 3.42. The van der Waals surface area contributed by atoms with Gasteiger partial charge in [0, 0.05) is 19.8 Å². The van der Waals surface area contributed by atoms with Gasteiger partial charge in [-0.25, -0.2) is 0 Å². The average Bonchev–Trinajstić information content (AvgIpc) is 2.44. The van der Waals surface area contributed by atoms with Crippen molar-refractivity contribution in [2.45, 2.75) is 13.1 Å². The Morgan fingerprint density at radius 2 is 2.25 bits per heavy atom. The normalized spacial score (nSPS) is 13.2. The molecule has 88 valence electrons. The van der Waals surface area contributed by atoms with Crippen LogP contribution in [0, 0.1) is 24.2 Å². The molecule has 0 fully saturated rings. The van der Waals surface area contributed by atoms with Gasteiger partial charge in [-0.3, -0.25) is 4.68 Å². The van der Waals surface area contributed by atoms with E-state index < -0.39 is 18.6 Å². The van der Waals surface area contributed by atoms with E-state index in [1.165, 1.54) is 10.8 Å². The van der Waals surface area contributed by atoms with Gasteiger partial charge in [0.2, 0.25) is 0 Å².